The van der Waals surface area contributed by atoms with Gasteiger partial charge >= 0.3 is 0 Å². The maximum Gasteiger partial charge on any atom is 0.265 e. The van der Waals surface area contributed by atoms with Gasteiger partial charge in [0.25, 0.3) is 11.8 Å². The summed E-state index contributed by atoms with van der Waals surface area (Å²) in [6.45, 7) is 5.30. The van der Waals surface area contributed by atoms with Crippen LogP contribution in [0.2, 0.25) is 0 Å². The summed E-state index contributed by atoms with van der Waals surface area (Å²) < 4.78 is 16.4. The topological polar surface area (TPSA) is 80.3 Å². The van der Waals surface area contributed by atoms with E-state index >= 15 is 0 Å². The zero-order valence-electron chi connectivity index (χ0n) is 15.3. The fourth-order valence-electron chi connectivity index (χ4n) is 3.60. The third-order valence-corrected chi connectivity index (χ3v) is 5.14. The quantitative estimate of drug-likeness (QED) is 0.822. The molecule has 0 saturated carbocycles. The van der Waals surface area contributed by atoms with Crippen LogP contribution in [-0.2, 0) is 19.1 Å². The fourth-order valence-corrected chi connectivity index (χ4v) is 3.60. The smallest absolute Gasteiger partial charge is 0.265 e. The van der Waals surface area contributed by atoms with Gasteiger partial charge in [0.2, 0.25) is 0 Å². The minimum Gasteiger partial charge on any atom is -0.481 e. The van der Waals surface area contributed by atoms with Crippen molar-refractivity contribution in [2.24, 2.45) is 0 Å². The van der Waals surface area contributed by atoms with E-state index in [9.17, 15) is 9.59 Å². The third-order valence-electron chi connectivity index (χ3n) is 5.14. The number of anilines is 2. The molecule has 3 aliphatic rings. The van der Waals surface area contributed by atoms with E-state index in [1.165, 1.54) is 0 Å². The molecule has 0 bridgehead atoms. The summed E-state index contributed by atoms with van der Waals surface area (Å²) in [7, 11) is 0. The number of morpholine rings is 1. The molecule has 8 nitrogen and oxygen atoms in total. The van der Waals surface area contributed by atoms with Crippen molar-refractivity contribution in [3.05, 3.63) is 18.2 Å². The van der Waals surface area contributed by atoms with Gasteiger partial charge in [-0.1, -0.05) is 0 Å². The summed E-state index contributed by atoms with van der Waals surface area (Å²) in [5.74, 6) is 0.428. The van der Waals surface area contributed by atoms with Crippen molar-refractivity contribution in [3.8, 4) is 5.75 Å². The van der Waals surface area contributed by atoms with E-state index in [2.05, 4.69) is 10.2 Å². The molecule has 3 heterocycles. The molecule has 146 valence electrons. The zero-order chi connectivity index (χ0) is 18.6. The van der Waals surface area contributed by atoms with Crippen LogP contribution in [0.4, 0.5) is 11.4 Å². The van der Waals surface area contributed by atoms with Crippen LogP contribution < -0.4 is 15.0 Å². The minimum atomic E-state index is -0.381. The molecule has 2 amide bonds. The highest BCUT2D eigenvalue weighted by atomic mass is 16.5. The van der Waals surface area contributed by atoms with Gasteiger partial charge in [-0.15, -0.1) is 0 Å². The Morgan fingerprint density at radius 2 is 2.04 bits per heavy atom. The lowest BCUT2D eigenvalue weighted by atomic mass is 10.2. The average molecular weight is 375 g/mol. The van der Waals surface area contributed by atoms with Crippen molar-refractivity contribution in [1.29, 1.82) is 0 Å². The second kappa shape index (κ2) is 8.24. The highest BCUT2D eigenvalue weighted by molar-refractivity contribution is 5.99. The standard InChI is InChI=1S/C19H25N3O5/c23-18-13-27-17-12-14(20-19(24)16-2-1-9-26-16)3-4-15(17)22(18)6-5-21-7-10-25-11-8-21/h3-4,12,16H,1-2,5-11,13H2,(H,20,24). The van der Waals surface area contributed by atoms with Gasteiger partial charge in [0.1, 0.15) is 11.9 Å². The summed E-state index contributed by atoms with van der Waals surface area (Å²) in [5, 5.41) is 2.87. The molecule has 8 heteroatoms. The van der Waals surface area contributed by atoms with Crippen LogP contribution in [0.5, 0.6) is 5.75 Å². The van der Waals surface area contributed by atoms with Gasteiger partial charge in [0.15, 0.2) is 6.61 Å². The number of ether oxygens (including phenoxy) is 3. The van der Waals surface area contributed by atoms with Crippen LogP contribution in [-0.4, -0.2) is 75.4 Å². The maximum absolute atomic E-state index is 12.3. The highest BCUT2D eigenvalue weighted by Crippen LogP contribution is 2.34. The van der Waals surface area contributed by atoms with E-state index in [-0.39, 0.29) is 24.5 Å². The summed E-state index contributed by atoms with van der Waals surface area (Å²) in [6.07, 6.45) is 1.27. The van der Waals surface area contributed by atoms with Crippen LogP contribution in [0.1, 0.15) is 12.8 Å². The Bertz CT molecular complexity index is 699. The van der Waals surface area contributed by atoms with Crippen molar-refractivity contribution in [2.45, 2.75) is 18.9 Å². The first-order chi connectivity index (χ1) is 13.2. The summed E-state index contributed by atoms with van der Waals surface area (Å²) in [4.78, 5) is 28.6. The number of nitrogens with one attached hydrogen (secondary N) is 1. The number of rotatable bonds is 5. The molecule has 1 unspecified atom stereocenters. The van der Waals surface area contributed by atoms with E-state index in [0.717, 1.165) is 51.4 Å². The highest BCUT2D eigenvalue weighted by Gasteiger charge is 2.28. The molecule has 1 N–H and O–H groups in total. The van der Waals surface area contributed by atoms with Gasteiger partial charge in [-0.3, -0.25) is 14.5 Å². The lowest BCUT2D eigenvalue weighted by Gasteiger charge is -2.33. The third kappa shape index (κ3) is 4.23. The Labute approximate surface area is 158 Å². The van der Waals surface area contributed by atoms with Crippen LogP contribution in [0, 0.1) is 0 Å². The van der Waals surface area contributed by atoms with Crippen molar-refractivity contribution >= 4 is 23.2 Å². The molecule has 1 aromatic rings. The molecule has 3 aliphatic heterocycles. The molecule has 1 atom stereocenters. The molecule has 0 aliphatic carbocycles. The molecule has 0 spiro atoms. The number of hydrogen-bond acceptors (Lipinski definition) is 6. The van der Waals surface area contributed by atoms with Crippen molar-refractivity contribution < 1.29 is 23.8 Å². The summed E-state index contributed by atoms with van der Waals surface area (Å²) in [6, 6.07) is 5.41. The fraction of sp³-hybridized carbons (Fsp3) is 0.579. The normalized spacial score (nSPS) is 23.0. The Morgan fingerprint density at radius 3 is 2.81 bits per heavy atom. The molecular formula is C19H25N3O5. The molecule has 27 heavy (non-hydrogen) atoms. The van der Waals surface area contributed by atoms with Crippen LogP contribution in [0.3, 0.4) is 0 Å². The number of benzene rings is 1. The van der Waals surface area contributed by atoms with Crippen molar-refractivity contribution in [2.75, 3.05) is 62.8 Å². The minimum absolute atomic E-state index is 0.0131. The number of hydrogen-bond donors (Lipinski definition) is 1. The lowest BCUT2D eigenvalue weighted by molar-refractivity contribution is -0.124. The SMILES string of the molecule is O=C(Nc1ccc2c(c1)OCC(=O)N2CCN1CCOCC1)C1CCCO1. The molecule has 0 aromatic heterocycles. The van der Waals surface area contributed by atoms with Crippen molar-refractivity contribution in [1.82, 2.24) is 4.90 Å². The van der Waals surface area contributed by atoms with Gasteiger partial charge in [-0.2, -0.15) is 0 Å². The van der Waals surface area contributed by atoms with Gasteiger partial charge in [-0.25, -0.2) is 0 Å². The van der Waals surface area contributed by atoms with Crippen molar-refractivity contribution in [3.63, 3.8) is 0 Å². The van der Waals surface area contributed by atoms with Crippen LogP contribution in [0.25, 0.3) is 0 Å². The predicted molar refractivity (Wildman–Crippen MR) is 99.2 cm³/mol. The number of fused-ring (bicyclic) bond motifs is 1. The zero-order valence-corrected chi connectivity index (χ0v) is 15.3. The summed E-state index contributed by atoms with van der Waals surface area (Å²) in [5.41, 5.74) is 1.39. The first-order valence-electron chi connectivity index (χ1n) is 9.50. The number of nitrogens with zero attached hydrogens (tertiary/aromatic N) is 2. The lowest BCUT2D eigenvalue weighted by Crippen LogP contribution is -2.45. The average Bonchev–Trinajstić information content (AvgIpc) is 3.23. The Hall–Kier alpha value is -2.16. The van der Waals surface area contributed by atoms with Gasteiger partial charge in [-0.05, 0) is 25.0 Å². The molecule has 2 saturated heterocycles. The molecule has 0 radical (unpaired) electrons. The molecule has 1 aromatic carbocycles. The first-order valence-corrected chi connectivity index (χ1v) is 9.50. The van der Waals surface area contributed by atoms with E-state index < -0.39 is 0 Å². The number of carbonyl (C=O) groups is 2. The second-order valence-electron chi connectivity index (χ2n) is 6.96. The Kier molecular flexibility index (Phi) is 5.56. The largest absolute Gasteiger partial charge is 0.481 e. The van der Waals surface area contributed by atoms with Gasteiger partial charge in [0.05, 0.1) is 18.9 Å². The van der Waals surface area contributed by atoms with Gasteiger partial charge < -0.3 is 24.4 Å². The van der Waals surface area contributed by atoms with E-state index in [0.29, 0.717) is 24.6 Å². The van der Waals surface area contributed by atoms with E-state index in [1.54, 1.807) is 17.0 Å². The second-order valence-corrected chi connectivity index (χ2v) is 6.96. The van der Waals surface area contributed by atoms with Crippen LogP contribution in [0.15, 0.2) is 18.2 Å². The molecular weight excluding hydrogens is 350 g/mol. The predicted octanol–water partition coefficient (Wildman–Crippen LogP) is 0.862. The number of amides is 2. The Morgan fingerprint density at radius 1 is 1.19 bits per heavy atom. The number of carbonyl (C=O) groups excluding carboxylic acids is 2. The maximum atomic E-state index is 12.3. The molecule has 4 rings (SSSR count). The van der Waals surface area contributed by atoms with Crippen LogP contribution >= 0.6 is 0 Å². The summed E-state index contributed by atoms with van der Waals surface area (Å²) >= 11 is 0. The first kappa shape index (κ1) is 18.2. The van der Waals surface area contributed by atoms with E-state index in [4.69, 9.17) is 14.2 Å². The monoisotopic (exact) mass is 375 g/mol. The van der Waals surface area contributed by atoms with E-state index in [1.807, 2.05) is 6.07 Å². The molecule has 2 fully saturated rings. The van der Waals surface area contributed by atoms with Gasteiger partial charge in [0, 0.05) is 44.5 Å². The Balaban J connectivity index is 1.42.